The number of hydrogen-bond acceptors (Lipinski definition) is 13. The Labute approximate surface area is 249 Å². The quantitative estimate of drug-likeness (QED) is 0.207. The molecular weight excluding hydrogens is 630 g/mol. The van der Waals surface area contributed by atoms with Crippen LogP contribution in [0.15, 0.2) is 35.2 Å². The molecule has 7 atom stereocenters. The monoisotopic (exact) mass is 661 g/mol. The van der Waals surface area contributed by atoms with Gasteiger partial charge in [-0.3, -0.25) is 24.0 Å². The van der Waals surface area contributed by atoms with Crippen LogP contribution in [0.1, 0.15) is 34.6 Å². The van der Waals surface area contributed by atoms with E-state index in [0.717, 1.165) is 46.6 Å². The molecule has 0 radical (unpaired) electrons. The molecule has 1 aliphatic heterocycles. The minimum atomic E-state index is -2.07. The molecule has 1 fully saturated rings. The summed E-state index contributed by atoms with van der Waals surface area (Å²) in [5.41, 5.74) is 0. The minimum Gasteiger partial charge on any atom is -0.466 e. The first-order chi connectivity index (χ1) is 19.2. The maximum atomic E-state index is 13.3. The molecular formula is C26H32BrNO12S. The summed E-state index contributed by atoms with van der Waals surface area (Å²) in [5, 5.41) is 1.57. The second kappa shape index (κ2) is 15.2. The van der Waals surface area contributed by atoms with Gasteiger partial charge in [-0.1, -0.05) is 18.2 Å². The molecule has 1 aromatic rings. The van der Waals surface area contributed by atoms with Gasteiger partial charge in [0.15, 0.2) is 12.2 Å². The highest BCUT2D eigenvalue weighted by atomic mass is 79.9. The lowest BCUT2D eigenvalue weighted by atomic mass is 9.89. The van der Waals surface area contributed by atoms with E-state index in [2.05, 4.69) is 21.2 Å². The Balaban J connectivity index is 2.79. The fourth-order valence-corrected chi connectivity index (χ4v) is 6.36. The molecule has 41 heavy (non-hydrogen) atoms. The SMILES string of the molecule is COC(=O)C1(Br)OC([C@H](OC(C)=O)[C@@H](COC(C)=O)OC(C)=O)C(NC(C)=O)C(OC(C)=O)C1Sc1ccccc1. The molecule has 2 rings (SSSR count). The molecule has 0 aromatic heterocycles. The smallest absolute Gasteiger partial charge is 0.350 e. The summed E-state index contributed by atoms with van der Waals surface area (Å²) in [6, 6.07) is 7.50. The van der Waals surface area contributed by atoms with Crippen molar-refractivity contribution in [1.29, 1.82) is 0 Å². The van der Waals surface area contributed by atoms with E-state index >= 15 is 0 Å². The van der Waals surface area contributed by atoms with Crippen LogP contribution in [-0.4, -0.2) is 89.7 Å². The van der Waals surface area contributed by atoms with Gasteiger partial charge >= 0.3 is 29.8 Å². The Bertz CT molecular complexity index is 1130. The van der Waals surface area contributed by atoms with Crippen molar-refractivity contribution in [2.75, 3.05) is 13.7 Å². The molecule has 5 unspecified atom stereocenters. The zero-order valence-electron chi connectivity index (χ0n) is 23.2. The average Bonchev–Trinajstić information content (AvgIpc) is 2.88. The number of alkyl halides is 1. The van der Waals surface area contributed by atoms with E-state index in [1.807, 2.05) is 0 Å². The molecule has 1 aromatic carbocycles. The van der Waals surface area contributed by atoms with Crippen LogP contribution in [-0.2, 0) is 57.2 Å². The first-order valence-corrected chi connectivity index (χ1v) is 14.0. The normalized spacial score (nSPS) is 25.0. The van der Waals surface area contributed by atoms with Crippen molar-refractivity contribution in [3.05, 3.63) is 30.3 Å². The fourth-order valence-electron chi connectivity index (χ4n) is 4.17. The van der Waals surface area contributed by atoms with Gasteiger partial charge < -0.3 is 33.7 Å². The van der Waals surface area contributed by atoms with Crippen molar-refractivity contribution in [2.24, 2.45) is 0 Å². The van der Waals surface area contributed by atoms with Crippen LogP contribution in [0.4, 0.5) is 0 Å². The molecule has 0 aliphatic carbocycles. The summed E-state index contributed by atoms with van der Waals surface area (Å²) < 4.78 is 30.8. The number of amides is 1. The number of nitrogens with one attached hydrogen (secondary N) is 1. The molecule has 1 saturated heterocycles. The minimum absolute atomic E-state index is 0.576. The third-order valence-corrected chi connectivity index (χ3v) is 8.29. The van der Waals surface area contributed by atoms with Gasteiger partial charge in [0.05, 0.1) is 18.4 Å². The molecule has 1 heterocycles. The largest absolute Gasteiger partial charge is 0.466 e. The third-order valence-electron chi connectivity index (χ3n) is 5.58. The number of thioether (sulfide) groups is 1. The fraction of sp³-hybridized carbons (Fsp3) is 0.538. The lowest BCUT2D eigenvalue weighted by Crippen LogP contribution is -2.72. The molecule has 1 amide bonds. The molecule has 0 bridgehead atoms. The number of halogens is 1. The number of carbonyl (C=O) groups is 6. The Morgan fingerprint density at radius 3 is 2.05 bits per heavy atom. The lowest BCUT2D eigenvalue weighted by Gasteiger charge is -2.50. The van der Waals surface area contributed by atoms with Crippen LogP contribution >= 0.6 is 27.7 Å². The maximum Gasteiger partial charge on any atom is 0.350 e. The van der Waals surface area contributed by atoms with Crippen LogP contribution in [0.25, 0.3) is 0 Å². The highest BCUT2D eigenvalue weighted by Crippen LogP contribution is 2.47. The van der Waals surface area contributed by atoms with E-state index in [1.165, 1.54) is 6.92 Å². The van der Waals surface area contributed by atoms with Crippen molar-refractivity contribution in [3.8, 4) is 0 Å². The summed E-state index contributed by atoms with van der Waals surface area (Å²) in [7, 11) is 1.11. The Morgan fingerprint density at radius 1 is 0.951 bits per heavy atom. The van der Waals surface area contributed by atoms with Crippen LogP contribution in [0.3, 0.4) is 0 Å². The van der Waals surface area contributed by atoms with E-state index in [4.69, 9.17) is 28.4 Å². The zero-order valence-corrected chi connectivity index (χ0v) is 25.6. The summed E-state index contributed by atoms with van der Waals surface area (Å²) in [4.78, 5) is 74.6. The van der Waals surface area contributed by atoms with Gasteiger partial charge in [-0.15, -0.1) is 11.8 Å². The molecule has 13 nitrogen and oxygen atoms in total. The first kappa shape index (κ1) is 34.0. The predicted octanol–water partition coefficient (Wildman–Crippen LogP) is 1.67. The summed E-state index contributed by atoms with van der Waals surface area (Å²) in [6.07, 6.45) is -5.90. The lowest BCUT2D eigenvalue weighted by molar-refractivity contribution is -0.221. The maximum absolute atomic E-state index is 13.3. The number of methoxy groups -OCH3 is 1. The first-order valence-electron chi connectivity index (χ1n) is 12.3. The molecule has 0 spiro atoms. The topological polar surface area (TPSA) is 170 Å². The highest BCUT2D eigenvalue weighted by molar-refractivity contribution is 9.10. The Kier molecular flexibility index (Phi) is 12.6. The Hall–Kier alpha value is -3.17. The van der Waals surface area contributed by atoms with Crippen LogP contribution in [0, 0.1) is 0 Å². The van der Waals surface area contributed by atoms with Crippen molar-refractivity contribution in [1.82, 2.24) is 5.32 Å². The van der Waals surface area contributed by atoms with E-state index < -0.39 is 82.6 Å². The van der Waals surface area contributed by atoms with Crippen molar-refractivity contribution in [2.45, 2.75) is 79.7 Å². The van der Waals surface area contributed by atoms with E-state index in [-0.39, 0.29) is 0 Å². The molecule has 1 N–H and O–H groups in total. The van der Waals surface area contributed by atoms with Gasteiger partial charge in [0.2, 0.25) is 10.4 Å². The second-order valence-electron chi connectivity index (χ2n) is 8.90. The van der Waals surface area contributed by atoms with Crippen molar-refractivity contribution >= 4 is 63.4 Å². The summed E-state index contributed by atoms with van der Waals surface area (Å²) >= 11 is 4.44. The van der Waals surface area contributed by atoms with Crippen LogP contribution in [0.5, 0.6) is 0 Å². The molecule has 0 saturated carbocycles. The van der Waals surface area contributed by atoms with Crippen LogP contribution < -0.4 is 5.32 Å². The summed E-state index contributed by atoms with van der Waals surface area (Å²) in [6.45, 7) is 5.02. The van der Waals surface area contributed by atoms with Crippen molar-refractivity contribution in [3.63, 3.8) is 0 Å². The third kappa shape index (κ3) is 9.43. The molecule has 15 heteroatoms. The van der Waals surface area contributed by atoms with Crippen molar-refractivity contribution < 1.29 is 57.2 Å². The average molecular weight is 663 g/mol. The standard InChI is InChI=1S/C26H32BrNO12S/c1-13(29)28-20-22(21(38-16(4)32)19(37-15(3)31)12-36-14(2)30)40-26(27,25(34)35-6)24(23(20)39-17(5)33)41-18-10-8-7-9-11-18/h7-11,19-24H,12H2,1-6H3,(H,28,29)/t19-,20?,21-,22?,23?,24?,26?/m1/s1. The number of esters is 5. The summed E-state index contributed by atoms with van der Waals surface area (Å²) in [5.74, 6) is -4.70. The van der Waals surface area contributed by atoms with E-state index in [1.54, 1.807) is 30.3 Å². The number of carbonyl (C=O) groups excluding carboxylic acids is 6. The van der Waals surface area contributed by atoms with Gasteiger partial charge in [0.25, 0.3) is 0 Å². The van der Waals surface area contributed by atoms with Gasteiger partial charge in [-0.25, -0.2) is 4.79 Å². The van der Waals surface area contributed by atoms with Gasteiger partial charge in [-0.05, 0) is 28.1 Å². The number of rotatable bonds is 11. The zero-order chi connectivity index (χ0) is 30.9. The van der Waals surface area contributed by atoms with E-state index in [9.17, 15) is 28.8 Å². The van der Waals surface area contributed by atoms with Gasteiger partial charge in [0.1, 0.15) is 18.8 Å². The van der Waals surface area contributed by atoms with E-state index in [0.29, 0.717) is 4.90 Å². The Morgan fingerprint density at radius 2 is 1.56 bits per heavy atom. The predicted molar refractivity (Wildman–Crippen MR) is 146 cm³/mol. The van der Waals surface area contributed by atoms with Crippen LogP contribution in [0.2, 0.25) is 0 Å². The highest BCUT2D eigenvalue weighted by Gasteiger charge is 2.63. The molecule has 226 valence electrons. The second-order valence-corrected chi connectivity index (χ2v) is 11.3. The number of ether oxygens (including phenoxy) is 6. The molecule has 1 aliphatic rings. The van der Waals surface area contributed by atoms with Gasteiger partial charge in [-0.2, -0.15) is 0 Å². The number of benzene rings is 1. The number of hydrogen-bond donors (Lipinski definition) is 1. The van der Waals surface area contributed by atoms with Gasteiger partial charge in [0, 0.05) is 39.5 Å².